The number of likely N-dealkylation sites (N-methyl/N-ethyl adjacent to an activating group) is 2. The average Bonchev–Trinajstić information content (AvgIpc) is 3.25. The number of carbonyl (C=O) groups is 4. The summed E-state index contributed by atoms with van der Waals surface area (Å²) in [6.07, 6.45) is 5.01. The highest BCUT2D eigenvalue weighted by atomic mass is 32.2. The predicted octanol–water partition coefficient (Wildman–Crippen LogP) is 1.60. The second-order valence-electron chi connectivity index (χ2n) is 6.27. The zero-order valence-electron chi connectivity index (χ0n) is 16.8. The molecule has 2 aliphatic heterocycles. The molecule has 0 bridgehead atoms. The fourth-order valence-electron chi connectivity index (χ4n) is 2.28. The van der Waals surface area contributed by atoms with Gasteiger partial charge in [-0.2, -0.15) is 0 Å². The standard InChI is InChI=1S/C12H10O2S.2C5H5NO2/c13-15(14,11-7-3-1-4-8-11)12-9-5-2-6-10-12;2*1-6-4(7)2-3-5(6)8/h1-10H;2*2-3H,1H3. The van der Waals surface area contributed by atoms with E-state index >= 15 is 0 Å². The highest BCUT2D eigenvalue weighted by Crippen LogP contribution is 2.19. The van der Waals surface area contributed by atoms with Gasteiger partial charge in [0.1, 0.15) is 0 Å². The fraction of sp³-hybridized carbons (Fsp3) is 0.0909. The fourth-order valence-corrected chi connectivity index (χ4v) is 3.59. The van der Waals surface area contributed by atoms with Crippen LogP contribution in [0.4, 0.5) is 0 Å². The highest BCUT2D eigenvalue weighted by Gasteiger charge is 2.18. The summed E-state index contributed by atoms with van der Waals surface area (Å²) in [7, 11) is -0.441. The molecule has 8 nitrogen and oxygen atoms in total. The Hall–Kier alpha value is -3.85. The van der Waals surface area contributed by atoms with Crippen LogP contribution in [-0.2, 0) is 29.0 Å². The molecule has 0 N–H and O–H groups in total. The molecule has 160 valence electrons. The number of sulfone groups is 1. The van der Waals surface area contributed by atoms with Crippen molar-refractivity contribution >= 4 is 33.5 Å². The first-order valence-electron chi connectivity index (χ1n) is 8.99. The van der Waals surface area contributed by atoms with Crippen molar-refractivity contribution in [2.24, 2.45) is 0 Å². The van der Waals surface area contributed by atoms with Crippen LogP contribution in [0.15, 0.2) is 94.8 Å². The van der Waals surface area contributed by atoms with Crippen molar-refractivity contribution in [1.82, 2.24) is 9.80 Å². The zero-order chi connectivity index (χ0) is 23.0. The molecule has 0 aromatic heterocycles. The van der Waals surface area contributed by atoms with Gasteiger partial charge in [-0.1, -0.05) is 36.4 Å². The number of imide groups is 2. The Balaban J connectivity index is 0.000000181. The molecule has 0 radical (unpaired) electrons. The van der Waals surface area contributed by atoms with Gasteiger partial charge in [-0.3, -0.25) is 29.0 Å². The van der Waals surface area contributed by atoms with Crippen molar-refractivity contribution in [3.05, 3.63) is 85.0 Å². The van der Waals surface area contributed by atoms with Crippen molar-refractivity contribution in [2.45, 2.75) is 9.79 Å². The second kappa shape index (κ2) is 10.3. The number of hydrogen-bond donors (Lipinski definition) is 0. The second-order valence-corrected chi connectivity index (χ2v) is 8.22. The third-order valence-electron chi connectivity index (χ3n) is 4.17. The van der Waals surface area contributed by atoms with Crippen molar-refractivity contribution in [1.29, 1.82) is 0 Å². The molecule has 0 spiro atoms. The van der Waals surface area contributed by atoms with Gasteiger partial charge in [-0.25, -0.2) is 8.42 Å². The van der Waals surface area contributed by atoms with Gasteiger partial charge in [-0.15, -0.1) is 0 Å². The summed E-state index contributed by atoms with van der Waals surface area (Å²) in [5.74, 6) is -0.963. The van der Waals surface area contributed by atoms with Crippen molar-refractivity contribution < 1.29 is 27.6 Å². The lowest BCUT2D eigenvalue weighted by Crippen LogP contribution is -2.24. The summed E-state index contributed by atoms with van der Waals surface area (Å²) in [6, 6.07) is 16.9. The van der Waals surface area contributed by atoms with Gasteiger partial charge in [0.15, 0.2) is 0 Å². The van der Waals surface area contributed by atoms with E-state index in [1.165, 1.54) is 38.4 Å². The maximum Gasteiger partial charge on any atom is 0.253 e. The Kier molecular flexibility index (Phi) is 7.75. The molecule has 0 atom stereocenters. The van der Waals surface area contributed by atoms with Gasteiger partial charge < -0.3 is 0 Å². The van der Waals surface area contributed by atoms with Gasteiger partial charge in [-0.05, 0) is 24.3 Å². The number of carbonyl (C=O) groups excluding carboxylic acids is 4. The molecule has 0 unspecified atom stereocenters. The largest absolute Gasteiger partial charge is 0.279 e. The third-order valence-corrected chi connectivity index (χ3v) is 5.95. The minimum absolute atomic E-state index is 0.241. The van der Waals surface area contributed by atoms with E-state index in [4.69, 9.17) is 0 Å². The topological polar surface area (TPSA) is 109 Å². The van der Waals surface area contributed by atoms with Crippen LogP contribution in [0.2, 0.25) is 0 Å². The Morgan fingerprint density at radius 1 is 0.516 bits per heavy atom. The lowest BCUT2D eigenvalue weighted by Gasteiger charge is -2.03. The Morgan fingerprint density at radius 2 is 0.774 bits per heavy atom. The van der Waals surface area contributed by atoms with Crippen LogP contribution in [0.1, 0.15) is 0 Å². The van der Waals surface area contributed by atoms with Crippen LogP contribution in [-0.4, -0.2) is 55.9 Å². The maximum absolute atomic E-state index is 12.0. The van der Waals surface area contributed by atoms with Crippen molar-refractivity contribution in [3.8, 4) is 0 Å². The predicted molar refractivity (Wildman–Crippen MR) is 112 cm³/mol. The van der Waals surface area contributed by atoms with Crippen LogP contribution in [0.3, 0.4) is 0 Å². The molecule has 4 amide bonds. The normalized spacial score (nSPS) is 14.9. The lowest BCUT2D eigenvalue weighted by atomic mass is 10.4. The van der Waals surface area contributed by atoms with Crippen LogP contribution in [0.5, 0.6) is 0 Å². The molecular weight excluding hydrogens is 420 g/mol. The lowest BCUT2D eigenvalue weighted by molar-refractivity contribution is -0.136. The molecule has 2 aromatic rings. The third kappa shape index (κ3) is 6.06. The summed E-state index contributed by atoms with van der Waals surface area (Å²) in [6.45, 7) is 0. The molecular formula is C22H20N2O6S. The van der Waals surface area contributed by atoms with Crippen LogP contribution in [0.25, 0.3) is 0 Å². The van der Waals surface area contributed by atoms with Crippen LogP contribution >= 0.6 is 0 Å². The number of hydrogen-bond acceptors (Lipinski definition) is 6. The van der Waals surface area contributed by atoms with E-state index in [-0.39, 0.29) is 23.6 Å². The summed E-state index contributed by atoms with van der Waals surface area (Å²) in [5.41, 5.74) is 0. The van der Waals surface area contributed by atoms with Gasteiger partial charge in [0, 0.05) is 38.4 Å². The molecule has 2 heterocycles. The zero-order valence-corrected chi connectivity index (χ0v) is 17.7. The molecule has 0 fully saturated rings. The summed E-state index contributed by atoms with van der Waals surface area (Å²) in [4.78, 5) is 44.4. The maximum atomic E-state index is 12.0. The molecule has 0 saturated heterocycles. The number of amides is 4. The van der Waals surface area contributed by atoms with E-state index in [2.05, 4.69) is 0 Å². The van der Waals surface area contributed by atoms with E-state index in [1.807, 2.05) is 0 Å². The average molecular weight is 440 g/mol. The Morgan fingerprint density at radius 3 is 0.968 bits per heavy atom. The molecule has 2 aromatic carbocycles. The molecule has 0 aliphatic carbocycles. The van der Waals surface area contributed by atoms with Crippen LogP contribution in [0, 0.1) is 0 Å². The minimum Gasteiger partial charge on any atom is -0.279 e. The minimum atomic E-state index is -3.34. The first-order valence-corrected chi connectivity index (χ1v) is 10.5. The highest BCUT2D eigenvalue weighted by molar-refractivity contribution is 7.91. The van der Waals surface area contributed by atoms with E-state index < -0.39 is 9.84 Å². The molecule has 31 heavy (non-hydrogen) atoms. The van der Waals surface area contributed by atoms with Crippen LogP contribution < -0.4 is 0 Å². The number of rotatable bonds is 2. The Bertz CT molecular complexity index is 1020. The first-order chi connectivity index (χ1) is 14.6. The summed E-state index contributed by atoms with van der Waals surface area (Å²) in [5, 5.41) is 0. The van der Waals surface area contributed by atoms with E-state index in [1.54, 1.807) is 60.7 Å². The van der Waals surface area contributed by atoms with Gasteiger partial charge in [0.05, 0.1) is 9.79 Å². The molecule has 0 saturated carbocycles. The molecule has 2 aliphatic rings. The van der Waals surface area contributed by atoms with E-state index in [9.17, 15) is 27.6 Å². The Labute approximate surface area is 180 Å². The number of benzene rings is 2. The first kappa shape index (κ1) is 23.4. The van der Waals surface area contributed by atoms with E-state index in [0.717, 1.165) is 9.80 Å². The van der Waals surface area contributed by atoms with E-state index in [0.29, 0.717) is 9.79 Å². The quantitative estimate of drug-likeness (QED) is 0.657. The smallest absolute Gasteiger partial charge is 0.253 e. The summed E-state index contributed by atoms with van der Waals surface area (Å²) < 4.78 is 24.1. The van der Waals surface area contributed by atoms with Gasteiger partial charge in [0.2, 0.25) is 9.84 Å². The van der Waals surface area contributed by atoms with Gasteiger partial charge >= 0.3 is 0 Å². The SMILES string of the molecule is CN1C(=O)C=CC1=O.CN1C(=O)C=CC1=O.O=S(=O)(c1ccccc1)c1ccccc1. The van der Waals surface area contributed by atoms with Crippen molar-refractivity contribution in [3.63, 3.8) is 0 Å². The summed E-state index contributed by atoms with van der Waals surface area (Å²) >= 11 is 0. The number of nitrogens with zero attached hydrogens (tertiary/aromatic N) is 2. The molecule has 4 rings (SSSR count). The van der Waals surface area contributed by atoms with Gasteiger partial charge in [0.25, 0.3) is 23.6 Å². The van der Waals surface area contributed by atoms with Crippen molar-refractivity contribution in [2.75, 3.05) is 14.1 Å². The monoisotopic (exact) mass is 440 g/mol. The molecule has 9 heteroatoms.